The van der Waals surface area contributed by atoms with Crippen molar-refractivity contribution in [3.05, 3.63) is 246 Å². The van der Waals surface area contributed by atoms with Gasteiger partial charge in [-0.2, -0.15) is 0 Å². The minimum atomic E-state index is -3.11. The molecule has 0 amide bonds. The molecule has 0 nitrogen and oxygen atoms in total. The van der Waals surface area contributed by atoms with Crippen LogP contribution in [0.2, 0.25) is 0 Å². The number of allylic oxidation sites excluding steroid dienone is 2. The molecule has 0 spiro atoms. The summed E-state index contributed by atoms with van der Waals surface area (Å²) in [5.74, 6) is 0.891. The van der Waals surface area contributed by atoms with Gasteiger partial charge in [-0.05, 0) is 0 Å². The van der Waals surface area contributed by atoms with Gasteiger partial charge in [0.15, 0.2) is 0 Å². The number of rotatable bonds is 11. The number of hydrogen-bond acceptors (Lipinski definition) is 0. The Balaban J connectivity index is 1.05. The third kappa shape index (κ3) is 7.39. The van der Waals surface area contributed by atoms with Crippen molar-refractivity contribution in [3.8, 4) is 55.6 Å². The molecule has 13 rings (SSSR count). The second kappa shape index (κ2) is 18.7. The average Bonchev–Trinajstić information content (AvgIpc) is 4.15. The van der Waals surface area contributed by atoms with Crippen LogP contribution in [0.15, 0.2) is 223 Å². The molecule has 4 unspecified atom stereocenters. The van der Waals surface area contributed by atoms with Crippen LogP contribution in [0.1, 0.15) is 70.0 Å². The monoisotopic (exact) mass is 1020 g/mol. The van der Waals surface area contributed by atoms with E-state index in [-0.39, 0.29) is 0 Å². The Morgan fingerprint density at radius 1 is 0.375 bits per heavy atom. The normalized spacial score (nSPS) is 16.5. The summed E-state index contributed by atoms with van der Waals surface area (Å²) < 4.78 is 2.52. The van der Waals surface area contributed by atoms with E-state index in [2.05, 4.69) is 252 Å². The molecule has 1 aliphatic heterocycles. The fourth-order valence-electron chi connectivity index (χ4n) is 13.1. The van der Waals surface area contributed by atoms with Crippen molar-refractivity contribution in [3.63, 3.8) is 0 Å². The van der Waals surface area contributed by atoms with Gasteiger partial charge in [0, 0.05) is 0 Å². The third-order valence-corrected chi connectivity index (χ3v) is 28.8. The van der Waals surface area contributed by atoms with Gasteiger partial charge in [0.25, 0.3) is 0 Å². The zero-order valence-electron chi connectivity index (χ0n) is 41.8. The van der Waals surface area contributed by atoms with E-state index >= 15 is 0 Å². The molecule has 0 radical (unpaired) electrons. The summed E-state index contributed by atoms with van der Waals surface area (Å²) in [5, 5.41) is 8.50. The van der Waals surface area contributed by atoms with Crippen LogP contribution in [0.3, 0.4) is 0 Å². The predicted octanol–water partition coefficient (Wildman–Crippen LogP) is 16.4. The zero-order valence-corrected chi connectivity index (χ0v) is 45.7. The van der Waals surface area contributed by atoms with Crippen LogP contribution in [0.4, 0.5) is 0 Å². The maximum atomic E-state index is 2.72. The van der Waals surface area contributed by atoms with Crippen molar-refractivity contribution in [2.24, 2.45) is 11.8 Å². The summed E-state index contributed by atoms with van der Waals surface area (Å²) in [4.78, 5) is 0. The van der Waals surface area contributed by atoms with Crippen LogP contribution in [0.25, 0.3) is 89.3 Å². The average molecular weight is 1020 g/mol. The first kappa shape index (κ1) is 45.2. The van der Waals surface area contributed by atoms with Crippen LogP contribution < -0.4 is 13.6 Å². The number of hydrogen-bond donors (Lipinski definition) is 0. The fourth-order valence-corrected chi connectivity index (χ4v) is 27.6. The molecule has 0 saturated carbocycles. The standard InChI is InChI=1S/2C29H25.C12H9Si.Zr/c2*1-3-20(2)23-18-22-12-9-17-28(29(22)19-23)27-15-7-6-14-26(27)25-16-8-11-21-10-4-5-13-24(21)25;1-3-7-11-9(5-1)10-6-2-4-8-12(10)13-11;/h2*4-20H,3H2,1-2H3;1-7H,13H2;. The van der Waals surface area contributed by atoms with Gasteiger partial charge >= 0.3 is 440 Å². The molecule has 0 aromatic heterocycles. The van der Waals surface area contributed by atoms with Gasteiger partial charge in [0.1, 0.15) is 0 Å². The van der Waals surface area contributed by atoms with E-state index in [1.807, 2.05) is 0 Å². The van der Waals surface area contributed by atoms with E-state index in [9.17, 15) is 0 Å². The first-order valence-electron chi connectivity index (χ1n) is 26.4. The molecule has 1 heterocycles. The van der Waals surface area contributed by atoms with E-state index in [1.165, 1.54) is 88.3 Å². The molecule has 2 aliphatic carbocycles. The molecule has 10 aromatic carbocycles. The molecular weight excluding hydrogens is 960 g/mol. The van der Waals surface area contributed by atoms with Crippen molar-refractivity contribution >= 4 is 56.9 Å². The second-order valence-corrected chi connectivity index (χ2v) is 28.9. The van der Waals surface area contributed by atoms with Gasteiger partial charge in [-0.1, -0.05) is 0 Å². The molecule has 0 fully saturated rings. The Morgan fingerprint density at radius 2 is 0.750 bits per heavy atom. The molecule has 0 N–H and O–H groups in total. The third-order valence-electron chi connectivity index (χ3n) is 16.9. The first-order valence-corrected chi connectivity index (χ1v) is 31.9. The Labute approximate surface area is 436 Å². The first-order chi connectivity index (χ1) is 35.5. The van der Waals surface area contributed by atoms with Gasteiger partial charge in [0.05, 0.1) is 0 Å². The van der Waals surface area contributed by atoms with Crippen molar-refractivity contribution in [1.82, 2.24) is 0 Å². The number of fused-ring (bicyclic) bond motifs is 7. The Hall–Kier alpha value is -6.70. The van der Waals surface area contributed by atoms with Crippen molar-refractivity contribution in [2.45, 2.75) is 47.8 Å². The molecule has 10 aromatic rings. The van der Waals surface area contributed by atoms with Crippen LogP contribution >= 0.6 is 0 Å². The predicted molar refractivity (Wildman–Crippen MR) is 309 cm³/mol. The van der Waals surface area contributed by atoms with E-state index < -0.39 is 31.3 Å². The van der Waals surface area contributed by atoms with Crippen LogP contribution in [-0.2, 0) is 21.8 Å². The van der Waals surface area contributed by atoms with Crippen LogP contribution in [0.5, 0.6) is 0 Å². The quantitative estimate of drug-likeness (QED) is 0.113. The van der Waals surface area contributed by atoms with E-state index in [4.69, 9.17) is 0 Å². The summed E-state index contributed by atoms with van der Waals surface area (Å²) in [5.41, 5.74) is 22.9. The maximum absolute atomic E-state index is 3.11. The van der Waals surface area contributed by atoms with Crippen molar-refractivity contribution in [1.29, 1.82) is 0 Å². The molecule has 0 bridgehead atoms. The van der Waals surface area contributed by atoms with Crippen molar-refractivity contribution in [2.75, 3.05) is 0 Å². The molecule has 3 aliphatic rings. The Bertz CT molecular complexity index is 3620. The summed E-state index contributed by atoms with van der Waals surface area (Å²) in [6, 6.07) is 81.6. The van der Waals surface area contributed by atoms with Gasteiger partial charge in [-0.25, -0.2) is 0 Å². The number of benzene rings is 10. The van der Waals surface area contributed by atoms with Crippen LogP contribution in [0, 0.1) is 11.8 Å². The Morgan fingerprint density at radius 3 is 1.26 bits per heavy atom. The summed E-state index contributed by atoms with van der Waals surface area (Å²) in [6.45, 7) is 9.91. The van der Waals surface area contributed by atoms with Gasteiger partial charge < -0.3 is 0 Å². The van der Waals surface area contributed by atoms with E-state index in [0.717, 1.165) is 12.8 Å². The summed E-state index contributed by atoms with van der Waals surface area (Å²) >= 11 is -3.11. The topological polar surface area (TPSA) is 0 Å². The molecule has 2 heteroatoms. The van der Waals surface area contributed by atoms with E-state index in [0.29, 0.717) is 19.1 Å². The zero-order chi connectivity index (χ0) is 48.5. The molecule has 72 heavy (non-hydrogen) atoms. The second-order valence-electron chi connectivity index (χ2n) is 20.7. The summed E-state index contributed by atoms with van der Waals surface area (Å²) in [6.07, 6.45) is 7.68. The van der Waals surface area contributed by atoms with Crippen molar-refractivity contribution < 1.29 is 21.8 Å². The molecule has 0 saturated heterocycles. The van der Waals surface area contributed by atoms with Gasteiger partial charge in [-0.3, -0.25) is 0 Å². The Kier molecular flexibility index (Phi) is 11.8. The molecule has 347 valence electrons. The van der Waals surface area contributed by atoms with Gasteiger partial charge in [0.2, 0.25) is 0 Å². The SMILES string of the molecule is CCC(C)C1=Cc2c(-c3ccccc3-c3cccc4ccccc34)cccc2[CH]1[Zr]([c]1cccc2c1[SiH2]c1ccccc1-2)[CH]1C(C(C)CC)=Cc2c(-c3ccccc3-c3cccc4ccccc34)cccc21. The molecular formula is C70H59SiZr. The summed E-state index contributed by atoms with van der Waals surface area (Å²) in [7, 11) is -0.714. The molecule has 4 atom stereocenters. The van der Waals surface area contributed by atoms with Gasteiger partial charge in [-0.15, -0.1) is 0 Å². The minimum absolute atomic E-state index is 0.376. The fraction of sp³-hybridized carbons (Fsp3) is 0.143. The van der Waals surface area contributed by atoms with Crippen LogP contribution in [-0.4, -0.2) is 9.52 Å². The van der Waals surface area contributed by atoms with E-state index in [1.54, 1.807) is 35.9 Å².